The Hall–Kier alpha value is -0.170. The molecular weight excluding hydrogens is 135 g/mol. The van der Waals surface area contributed by atoms with E-state index in [4.69, 9.17) is 10.2 Å². The van der Waals surface area contributed by atoms with Crippen LogP contribution in [0.4, 0.5) is 0 Å². The van der Waals surface area contributed by atoms with Gasteiger partial charge in [-0.05, 0) is 0 Å². The molecule has 0 aromatic rings. The van der Waals surface area contributed by atoms with E-state index in [-0.39, 0.29) is 8.58 Å². The average molecular weight is 146 g/mol. The van der Waals surface area contributed by atoms with Crippen molar-refractivity contribution in [3.63, 3.8) is 0 Å². The Kier molecular flexibility index (Phi) is 4.60. The summed E-state index contributed by atoms with van der Waals surface area (Å²) in [6.45, 7) is 6.72. The maximum atomic E-state index is 8.85. The van der Waals surface area contributed by atoms with Crippen LogP contribution in [0.5, 0.6) is 0 Å². The highest BCUT2D eigenvalue weighted by molar-refractivity contribution is 7.39. The first-order valence-corrected chi connectivity index (χ1v) is 3.73. The number of hydrogen-bond donors (Lipinski definition) is 2. The second-order valence-electron chi connectivity index (χ2n) is 1.53. The van der Waals surface area contributed by atoms with Gasteiger partial charge in [-0.1, -0.05) is 20.7 Å². The van der Waals surface area contributed by atoms with Crippen molar-refractivity contribution in [2.24, 2.45) is 0 Å². The third kappa shape index (κ3) is 4.34. The molecule has 0 spiro atoms. The largest absolute Gasteiger partial charge is 0.385 e. The van der Waals surface area contributed by atoms with Gasteiger partial charge in [0.25, 0.3) is 0 Å². The van der Waals surface area contributed by atoms with Crippen molar-refractivity contribution in [3.8, 4) is 0 Å². The molecule has 0 saturated heterocycles. The first-order valence-electron chi connectivity index (χ1n) is 2.58. The fourth-order valence-electron chi connectivity index (χ4n) is 0.311. The standard InChI is InChI=1S/C6H11O2P/c1-3-5(7)9-6(8)4-2/h3-9H,1-2H2. The van der Waals surface area contributed by atoms with Crippen LogP contribution in [0.2, 0.25) is 0 Å². The van der Waals surface area contributed by atoms with Gasteiger partial charge < -0.3 is 10.2 Å². The molecule has 0 radical (unpaired) electrons. The minimum Gasteiger partial charge on any atom is -0.385 e. The van der Waals surface area contributed by atoms with Gasteiger partial charge in [0.1, 0.15) is 0 Å². The van der Waals surface area contributed by atoms with Gasteiger partial charge in [-0.2, -0.15) is 0 Å². The second-order valence-corrected chi connectivity index (χ2v) is 3.04. The van der Waals surface area contributed by atoms with Crippen LogP contribution in [-0.4, -0.2) is 21.9 Å². The Morgan fingerprint density at radius 2 is 1.44 bits per heavy atom. The number of aliphatic hydroxyl groups excluding tert-OH is 2. The molecule has 0 heterocycles. The van der Waals surface area contributed by atoms with Crippen molar-refractivity contribution in [3.05, 3.63) is 25.3 Å². The van der Waals surface area contributed by atoms with Crippen LogP contribution in [-0.2, 0) is 0 Å². The molecule has 0 aromatic heterocycles. The first-order chi connectivity index (χ1) is 4.20. The van der Waals surface area contributed by atoms with E-state index in [1.54, 1.807) is 0 Å². The minimum absolute atomic E-state index is 0.0548. The Labute approximate surface area is 56.7 Å². The van der Waals surface area contributed by atoms with Crippen LogP contribution in [0.1, 0.15) is 0 Å². The monoisotopic (exact) mass is 146 g/mol. The molecule has 2 N–H and O–H groups in total. The van der Waals surface area contributed by atoms with Gasteiger partial charge >= 0.3 is 0 Å². The first kappa shape index (κ1) is 8.83. The SMILES string of the molecule is C=CC(O)PC(O)C=C. The molecule has 0 fully saturated rings. The highest BCUT2D eigenvalue weighted by atomic mass is 31.1. The van der Waals surface area contributed by atoms with Crippen LogP contribution in [0.15, 0.2) is 25.3 Å². The zero-order chi connectivity index (χ0) is 7.28. The van der Waals surface area contributed by atoms with Crippen molar-refractivity contribution < 1.29 is 10.2 Å². The lowest BCUT2D eigenvalue weighted by atomic mass is 10.7. The van der Waals surface area contributed by atoms with Crippen molar-refractivity contribution in [2.45, 2.75) is 11.7 Å². The molecule has 0 amide bonds. The molecule has 0 bridgehead atoms. The van der Waals surface area contributed by atoms with E-state index in [2.05, 4.69) is 13.2 Å². The summed E-state index contributed by atoms with van der Waals surface area (Å²) < 4.78 is 0. The highest BCUT2D eigenvalue weighted by Crippen LogP contribution is 2.22. The van der Waals surface area contributed by atoms with Gasteiger partial charge in [-0.25, -0.2) is 0 Å². The molecule has 52 valence electrons. The van der Waals surface area contributed by atoms with Crippen LogP contribution in [0.25, 0.3) is 0 Å². The summed E-state index contributed by atoms with van der Waals surface area (Å²) in [5.41, 5.74) is 0. The third-order valence-corrected chi connectivity index (χ3v) is 1.94. The maximum Gasteiger partial charge on any atom is 0.0906 e. The summed E-state index contributed by atoms with van der Waals surface area (Å²) in [5.74, 6) is -1.20. The molecule has 2 unspecified atom stereocenters. The van der Waals surface area contributed by atoms with E-state index >= 15 is 0 Å². The van der Waals surface area contributed by atoms with Crippen LogP contribution in [0.3, 0.4) is 0 Å². The summed E-state index contributed by atoms with van der Waals surface area (Å²) in [5, 5.41) is 17.7. The van der Waals surface area contributed by atoms with Crippen molar-refractivity contribution in [1.29, 1.82) is 0 Å². The van der Waals surface area contributed by atoms with E-state index in [1.165, 1.54) is 12.2 Å². The summed E-state index contributed by atoms with van der Waals surface area (Å²) in [6, 6.07) is 0. The number of aliphatic hydroxyl groups is 2. The Balaban J connectivity index is 3.45. The molecule has 0 aliphatic rings. The Morgan fingerprint density at radius 3 is 1.67 bits per heavy atom. The molecule has 0 aliphatic heterocycles. The molecule has 3 heteroatoms. The normalized spacial score (nSPS) is 17.6. The van der Waals surface area contributed by atoms with Gasteiger partial charge in [0, 0.05) is 0 Å². The van der Waals surface area contributed by atoms with Crippen LogP contribution >= 0.6 is 8.58 Å². The molecule has 2 atom stereocenters. The Morgan fingerprint density at radius 1 is 1.11 bits per heavy atom. The molecule has 0 saturated carbocycles. The molecule has 9 heavy (non-hydrogen) atoms. The van der Waals surface area contributed by atoms with Gasteiger partial charge in [-0.15, -0.1) is 13.2 Å². The molecule has 0 rings (SSSR count). The van der Waals surface area contributed by atoms with Gasteiger partial charge in [-0.3, -0.25) is 0 Å². The quantitative estimate of drug-likeness (QED) is 0.452. The Bertz CT molecular complexity index is 91.2. The maximum absolute atomic E-state index is 8.85. The van der Waals surface area contributed by atoms with E-state index in [0.29, 0.717) is 0 Å². The molecule has 0 aromatic carbocycles. The molecular formula is C6H11O2P. The third-order valence-electron chi connectivity index (χ3n) is 0.788. The van der Waals surface area contributed by atoms with E-state index in [1.807, 2.05) is 0 Å². The van der Waals surface area contributed by atoms with Crippen molar-refractivity contribution >= 4 is 8.58 Å². The summed E-state index contributed by atoms with van der Waals surface area (Å²) in [6.07, 6.45) is 2.79. The zero-order valence-electron chi connectivity index (χ0n) is 5.12. The second kappa shape index (κ2) is 4.68. The minimum atomic E-state index is -0.599. The van der Waals surface area contributed by atoms with Gasteiger partial charge in [0.15, 0.2) is 0 Å². The average Bonchev–Trinajstić information content (AvgIpc) is 1.87. The van der Waals surface area contributed by atoms with E-state index in [0.717, 1.165) is 0 Å². The number of rotatable bonds is 4. The van der Waals surface area contributed by atoms with E-state index < -0.39 is 11.7 Å². The van der Waals surface area contributed by atoms with Gasteiger partial charge in [0.2, 0.25) is 0 Å². The fourth-order valence-corrected chi connectivity index (χ4v) is 0.933. The molecule has 0 aliphatic carbocycles. The van der Waals surface area contributed by atoms with Crippen molar-refractivity contribution in [2.75, 3.05) is 0 Å². The summed E-state index contributed by atoms with van der Waals surface area (Å²) in [4.78, 5) is 0. The van der Waals surface area contributed by atoms with Crippen LogP contribution in [0, 0.1) is 0 Å². The predicted octanol–water partition coefficient (Wildman–Crippen LogP) is 0.674. The predicted molar refractivity (Wildman–Crippen MR) is 40.7 cm³/mol. The van der Waals surface area contributed by atoms with Crippen molar-refractivity contribution in [1.82, 2.24) is 0 Å². The molecule has 2 nitrogen and oxygen atoms in total. The fraction of sp³-hybridized carbons (Fsp3) is 0.333. The topological polar surface area (TPSA) is 40.5 Å². The lowest BCUT2D eigenvalue weighted by Gasteiger charge is -2.07. The smallest absolute Gasteiger partial charge is 0.0906 e. The lowest BCUT2D eigenvalue weighted by molar-refractivity contribution is 0.278. The van der Waals surface area contributed by atoms with Crippen LogP contribution < -0.4 is 0 Å². The number of hydrogen-bond acceptors (Lipinski definition) is 2. The summed E-state index contributed by atoms with van der Waals surface area (Å²) >= 11 is 0. The zero-order valence-corrected chi connectivity index (χ0v) is 6.12. The lowest BCUT2D eigenvalue weighted by Crippen LogP contribution is -2.00. The van der Waals surface area contributed by atoms with E-state index in [9.17, 15) is 0 Å². The van der Waals surface area contributed by atoms with Gasteiger partial charge in [0.05, 0.1) is 11.7 Å². The highest BCUT2D eigenvalue weighted by Gasteiger charge is 2.02. The summed E-state index contributed by atoms with van der Waals surface area (Å²) in [7, 11) is 0.0548.